The summed E-state index contributed by atoms with van der Waals surface area (Å²) < 4.78 is 0.935. The molecule has 0 aliphatic carbocycles. The number of aromatic nitrogens is 1. The zero-order valence-corrected chi connectivity index (χ0v) is 10.0. The van der Waals surface area contributed by atoms with Crippen LogP contribution in [0.25, 0.3) is 0 Å². The van der Waals surface area contributed by atoms with Gasteiger partial charge in [0.15, 0.2) is 0 Å². The van der Waals surface area contributed by atoms with Crippen LogP contribution in [-0.4, -0.2) is 24.5 Å². The van der Waals surface area contributed by atoms with Crippen LogP contribution in [0.2, 0.25) is 0 Å². The smallest absolute Gasteiger partial charge is 0.229 e. The van der Waals surface area contributed by atoms with Crippen LogP contribution >= 0.6 is 15.9 Å². The van der Waals surface area contributed by atoms with Gasteiger partial charge in [-0.25, -0.2) is 4.98 Å². The quantitative estimate of drug-likeness (QED) is 0.842. The van der Waals surface area contributed by atoms with Crippen LogP contribution < -0.4 is 10.2 Å². The molecule has 1 N–H and O–H groups in total. The first kappa shape index (κ1) is 10.6. The van der Waals surface area contributed by atoms with E-state index in [1.807, 2.05) is 13.1 Å². The Balaban J connectivity index is 2.32. The van der Waals surface area contributed by atoms with E-state index in [2.05, 4.69) is 26.2 Å². The Morgan fingerprint density at radius 3 is 3.00 bits per heavy atom. The minimum atomic E-state index is 0.155. The summed E-state index contributed by atoms with van der Waals surface area (Å²) in [4.78, 5) is 17.3. The molecule has 2 heterocycles. The summed E-state index contributed by atoms with van der Waals surface area (Å²) in [7, 11) is 1.88. The molecule has 0 bridgehead atoms. The molecule has 1 aromatic heterocycles. The number of anilines is 1. The van der Waals surface area contributed by atoms with Crippen LogP contribution in [0.5, 0.6) is 0 Å². The number of carbonyl (C=O) groups excluding carboxylic acids is 1. The summed E-state index contributed by atoms with van der Waals surface area (Å²) in [5.41, 5.74) is 1.04. The zero-order valence-electron chi connectivity index (χ0n) is 8.46. The maximum absolute atomic E-state index is 11.3. The van der Waals surface area contributed by atoms with Crippen LogP contribution in [0.1, 0.15) is 12.0 Å². The van der Waals surface area contributed by atoms with E-state index >= 15 is 0 Å². The number of amides is 1. The second kappa shape index (κ2) is 4.28. The van der Waals surface area contributed by atoms with Crippen molar-refractivity contribution in [1.29, 1.82) is 0 Å². The number of hydrogen-bond acceptors (Lipinski definition) is 3. The van der Waals surface area contributed by atoms with Gasteiger partial charge in [-0.1, -0.05) is 0 Å². The van der Waals surface area contributed by atoms with Crippen LogP contribution in [-0.2, 0) is 11.3 Å². The molecule has 0 unspecified atom stereocenters. The van der Waals surface area contributed by atoms with E-state index in [1.165, 1.54) is 0 Å². The molecule has 1 amide bonds. The lowest BCUT2D eigenvalue weighted by Crippen LogP contribution is -2.44. The largest absolute Gasteiger partial charge is 0.316 e. The lowest BCUT2D eigenvalue weighted by molar-refractivity contribution is -0.122. The average molecular weight is 270 g/mol. The van der Waals surface area contributed by atoms with Crippen LogP contribution in [0.3, 0.4) is 0 Å². The third-order valence-electron chi connectivity index (χ3n) is 2.38. The molecule has 0 spiro atoms. The summed E-state index contributed by atoms with van der Waals surface area (Å²) in [6.45, 7) is 1.50. The Labute approximate surface area is 96.8 Å². The molecule has 0 atom stereocenters. The van der Waals surface area contributed by atoms with Gasteiger partial charge in [-0.15, -0.1) is 0 Å². The van der Waals surface area contributed by atoms with E-state index in [4.69, 9.17) is 0 Å². The SMILES string of the molecule is CNCc1cc(Br)cnc1N1CCC1=O. The fourth-order valence-corrected chi connectivity index (χ4v) is 1.96. The second-order valence-corrected chi connectivity index (χ2v) is 4.38. The summed E-state index contributed by atoms with van der Waals surface area (Å²) in [6, 6.07) is 1.99. The number of β-lactam (4-membered cyclic amide) rings is 1. The van der Waals surface area contributed by atoms with Crippen LogP contribution in [0, 0.1) is 0 Å². The third-order valence-corrected chi connectivity index (χ3v) is 2.82. The van der Waals surface area contributed by atoms with Crippen molar-refractivity contribution in [3.63, 3.8) is 0 Å². The number of nitrogens with one attached hydrogen (secondary N) is 1. The van der Waals surface area contributed by atoms with Crippen molar-refractivity contribution >= 4 is 27.7 Å². The summed E-state index contributed by atoms with van der Waals surface area (Å²) in [5, 5.41) is 3.07. The van der Waals surface area contributed by atoms with Gasteiger partial charge in [-0.05, 0) is 29.0 Å². The Hall–Kier alpha value is -0.940. The fraction of sp³-hybridized carbons (Fsp3) is 0.400. The highest BCUT2D eigenvalue weighted by molar-refractivity contribution is 9.10. The minimum absolute atomic E-state index is 0.155. The van der Waals surface area contributed by atoms with Crippen LogP contribution in [0.4, 0.5) is 5.82 Å². The molecular formula is C10H12BrN3O. The highest BCUT2D eigenvalue weighted by Crippen LogP contribution is 2.25. The zero-order chi connectivity index (χ0) is 10.8. The third kappa shape index (κ3) is 2.03. The molecule has 1 aliphatic rings. The molecule has 0 radical (unpaired) electrons. The van der Waals surface area contributed by atoms with E-state index in [0.717, 1.165) is 22.4 Å². The first-order valence-corrected chi connectivity index (χ1v) is 5.61. The van der Waals surface area contributed by atoms with Crippen LogP contribution in [0.15, 0.2) is 16.7 Å². The first-order chi connectivity index (χ1) is 7.22. The molecule has 0 saturated carbocycles. The summed E-state index contributed by atoms with van der Waals surface area (Å²) in [6.07, 6.45) is 2.36. The number of hydrogen-bond donors (Lipinski definition) is 1. The number of pyridine rings is 1. The summed E-state index contributed by atoms with van der Waals surface area (Å²) in [5.74, 6) is 0.936. The number of halogens is 1. The average Bonchev–Trinajstić information content (AvgIpc) is 2.20. The van der Waals surface area contributed by atoms with Crippen molar-refractivity contribution in [3.8, 4) is 0 Å². The maximum Gasteiger partial charge on any atom is 0.229 e. The molecular weight excluding hydrogens is 258 g/mol. The topological polar surface area (TPSA) is 45.2 Å². The molecule has 0 aromatic carbocycles. The fourth-order valence-electron chi connectivity index (χ4n) is 1.58. The summed E-state index contributed by atoms with van der Waals surface area (Å²) >= 11 is 3.38. The Kier molecular flexibility index (Phi) is 3.02. The normalized spacial score (nSPS) is 15.3. The van der Waals surface area contributed by atoms with Crippen molar-refractivity contribution in [1.82, 2.24) is 10.3 Å². The van der Waals surface area contributed by atoms with Gasteiger partial charge in [-0.3, -0.25) is 9.69 Å². The van der Waals surface area contributed by atoms with E-state index in [0.29, 0.717) is 13.0 Å². The molecule has 5 heteroatoms. The number of nitrogens with zero attached hydrogens (tertiary/aromatic N) is 2. The van der Waals surface area contributed by atoms with Gasteiger partial charge in [0.05, 0.1) is 0 Å². The standard InChI is InChI=1S/C10H12BrN3O/c1-12-5-7-4-8(11)6-13-10(7)14-3-2-9(14)15/h4,6,12H,2-3,5H2,1H3. The lowest BCUT2D eigenvalue weighted by atomic mass is 10.1. The van der Waals surface area contributed by atoms with E-state index in [-0.39, 0.29) is 5.91 Å². The first-order valence-electron chi connectivity index (χ1n) is 4.82. The molecule has 1 aromatic rings. The van der Waals surface area contributed by atoms with Gasteiger partial charge in [0.2, 0.25) is 5.91 Å². The molecule has 1 fully saturated rings. The van der Waals surface area contributed by atoms with E-state index in [1.54, 1.807) is 11.1 Å². The Bertz CT molecular complexity index is 394. The Morgan fingerprint density at radius 2 is 2.47 bits per heavy atom. The highest BCUT2D eigenvalue weighted by Gasteiger charge is 2.28. The maximum atomic E-state index is 11.3. The molecule has 15 heavy (non-hydrogen) atoms. The minimum Gasteiger partial charge on any atom is -0.316 e. The number of rotatable bonds is 3. The van der Waals surface area contributed by atoms with Crippen molar-refractivity contribution < 1.29 is 4.79 Å². The van der Waals surface area contributed by atoms with Gasteiger partial charge >= 0.3 is 0 Å². The van der Waals surface area contributed by atoms with Gasteiger partial charge in [0.25, 0.3) is 0 Å². The van der Waals surface area contributed by atoms with E-state index < -0.39 is 0 Å². The molecule has 80 valence electrons. The predicted octanol–water partition coefficient (Wildman–Crippen LogP) is 1.30. The highest BCUT2D eigenvalue weighted by atomic mass is 79.9. The van der Waals surface area contributed by atoms with Gasteiger partial charge < -0.3 is 5.32 Å². The number of carbonyl (C=O) groups is 1. The lowest BCUT2D eigenvalue weighted by Gasteiger charge is -2.31. The molecule has 4 nitrogen and oxygen atoms in total. The monoisotopic (exact) mass is 269 g/mol. The van der Waals surface area contributed by atoms with Crippen molar-refractivity contribution in [3.05, 3.63) is 22.3 Å². The Morgan fingerprint density at radius 1 is 1.67 bits per heavy atom. The van der Waals surface area contributed by atoms with Crippen molar-refractivity contribution in [2.45, 2.75) is 13.0 Å². The molecule has 1 aliphatic heterocycles. The molecule has 2 rings (SSSR count). The van der Waals surface area contributed by atoms with Crippen molar-refractivity contribution in [2.75, 3.05) is 18.5 Å². The van der Waals surface area contributed by atoms with Crippen molar-refractivity contribution in [2.24, 2.45) is 0 Å². The van der Waals surface area contributed by atoms with E-state index in [9.17, 15) is 4.79 Å². The second-order valence-electron chi connectivity index (χ2n) is 3.46. The molecule has 1 saturated heterocycles. The van der Waals surface area contributed by atoms with Gasteiger partial charge in [0, 0.05) is 35.7 Å². The van der Waals surface area contributed by atoms with Gasteiger partial charge in [0.1, 0.15) is 5.82 Å². The van der Waals surface area contributed by atoms with Gasteiger partial charge in [-0.2, -0.15) is 0 Å². The predicted molar refractivity (Wildman–Crippen MR) is 61.7 cm³/mol.